The van der Waals surface area contributed by atoms with E-state index >= 15 is 0 Å². The van der Waals surface area contributed by atoms with E-state index in [0.717, 1.165) is 35.4 Å². The number of halogens is 2. The van der Waals surface area contributed by atoms with Crippen molar-refractivity contribution in [1.29, 1.82) is 0 Å². The van der Waals surface area contributed by atoms with Crippen LogP contribution in [0.25, 0.3) is 22.5 Å². The molecule has 0 bridgehead atoms. The van der Waals surface area contributed by atoms with Crippen LogP contribution in [0.2, 0.25) is 0 Å². The molecule has 1 N–H and O–H groups in total. The lowest BCUT2D eigenvalue weighted by Crippen LogP contribution is -2.01. The highest BCUT2D eigenvalue weighted by molar-refractivity contribution is 5.76. The van der Waals surface area contributed by atoms with E-state index in [4.69, 9.17) is 0 Å². The van der Waals surface area contributed by atoms with Gasteiger partial charge in [-0.3, -0.25) is 0 Å². The number of benzene rings is 2. The van der Waals surface area contributed by atoms with E-state index in [1.807, 2.05) is 24.3 Å². The summed E-state index contributed by atoms with van der Waals surface area (Å²) in [6.45, 7) is 0. The van der Waals surface area contributed by atoms with Crippen LogP contribution in [0, 0.1) is 11.6 Å². The van der Waals surface area contributed by atoms with Crippen molar-refractivity contribution >= 4 is 0 Å². The fraction of sp³-hybridized carbons (Fsp3) is 0.200. The lowest BCUT2D eigenvalue weighted by molar-refractivity contribution is 0.627. The first kappa shape index (κ1) is 14.2. The van der Waals surface area contributed by atoms with Crippen molar-refractivity contribution in [3.63, 3.8) is 0 Å². The molecule has 0 radical (unpaired) electrons. The molecule has 23 heavy (non-hydrogen) atoms. The molecule has 1 nitrogen and oxygen atoms in total. The first-order chi connectivity index (χ1) is 11.2. The summed E-state index contributed by atoms with van der Waals surface area (Å²) in [5, 5.41) is 0. The molecule has 0 aliphatic heterocycles. The Balaban J connectivity index is 1.87. The van der Waals surface area contributed by atoms with Gasteiger partial charge in [0.05, 0.1) is 0 Å². The van der Waals surface area contributed by atoms with Gasteiger partial charge in [-0.2, -0.15) is 0 Å². The highest BCUT2D eigenvalue weighted by Crippen LogP contribution is 2.38. The number of rotatable bonds is 2. The predicted octanol–water partition coefficient (Wildman–Crippen LogP) is 5.51. The topological polar surface area (TPSA) is 15.8 Å². The van der Waals surface area contributed by atoms with Crippen LogP contribution < -0.4 is 0 Å². The van der Waals surface area contributed by atoms with Crippen molar-refractivity contribution in [3.05, 3.63) is 71.3 Å². The molecule has 1 aliphatic rings. The van der Waals surface area contributed by atoms with Gasteiger partial charge < -0.3 is 4.98 Å². The molecule has 0 atom stereocenters. The average molecular weight is 309 g/mol. The van der Waals surface area contributed by atoms with Gasteiger partial charge in [0.15, 0.2) is 0 Å². The number of H-pyrrole nitrogens is 1. The van der Waals surface area contributed by atoms with E-state index in [-0.39, 0.29) is 11.6 Å². The lowest BCUT2D eigenvalue weighted by atomic mass is 9.89. The molecular formula is C20H17F2N. The molecule has 0 unspecified atom stereocenters. The van der Waals surface area contributed by atoms with Crippen molar-refractivity contribution < 1.29 is 8.78 Å². The third-order valence-electron chi connectivity index (χ3n) is 4.59. The molecule has 0 fully saturated rings. The van der Waals surface area contributed by atoms with Crippen LogP contribution in [0.15, 0.2) is 48.5 Å². The average Bonchev–Trinajstić information content (AvgIpc) is 2.96. The van der Waals surface area contributed by atoms with Crippen molar-refractivity contribution in [2.75, 3.05) is 0 Å². The molecule has 4 rings (SSSR count). The molecular weight excluding hydrogens is 292 g/mol. The number of nitrogens with one attached hydrogen (secondary N) is 1. The van der Waals surface area contributed by atoms with Crippen molar-refractivity contribution in [3.8, 4) is 22.5 Å². The molecule has 0 saturated heterocycles. The Hall–Kier alpha value is -2.42. The van der Waals surface area contributed by atoms with E-state index in [0.29, 0.717) is 0 Å². The maximum Gasteiger partial charge on any atom is 0.123 e. The highest BCUT2D eigenvalue weighted by Gasteiger charge is 2.22. The second-order valence-electron chi connectivity index (χ2n) is 6.05. The van der Waals surface area contributed by atoms with Gasteiger partial charge in [0.2, 0.25) is 0 Å². The summed E-state index contributed by atoms with van der Waals surface area (Å²) in [6, 6.07) is 13.2. The van der Waals surface area contributed by atoms with Crippen LogP contribution in [-0.2, 0) is 12.8 Å². The minimum absolute atomic E-state index is 0.229. The van der Waals surface area contributed by atoms with Gasteiger partial charge in [0.25, 0.3) is 0 Å². The fourth-order valence-electron chi connectivity index (χ4n) is 3.46. The van der Waals surface area contributed by atoms with E-state index in [1.165, 1.54) is 48.2 Å². The fourth-order valence-corrected chi connectivity index (χ4v) is 3.46. The zero-order valence-electron chi connectivity index (χ0n) is 12.7. The van der Waals surface area contributed by atoms with Crippen molar-refractivity contribution in [1.82, 2.24) is 4.98 Å². The van der Waals surface area contributed by atoms with Crippen LogP contribution >= 0.6 is 0 Å². The summed E-state index contributed by atoms with van der Waals surface area (Å²) in [5.41, 5.74) is 6.78. The van der Waals surface area contributed by atoms with Crippen LogP contribution in [0.1, 0.15) is 24.0 Å². The van der Waals surface area contributed by atoms with Gasteiger partial charge in [-0.05, 0) is 96.5 Å². The second kappa shape index (κ2) is 5.65. The van der Waals surface area contributed by atoms with Gasteiger partial charge in [-0.15, -0.1) is 0 Å². The van der Waals surface area contributed by atoms with Gasteiger partial charge in [0, 0.05) is 11.4 Å². The number of fused-ring (bicyclic) bond motifs is 1. The zero-order valence-corrected chi connectivity index (χ0v) is 12.7. The molecule has 116 valence electrons. The van der Waals surface area contributed by atoms with E-state index < -0.39 is 0 Å². The molecule has 3 heteroatoms. The summed E-state index contributed by atoms with van der Waals surface area (Å²) < 4.78 is 26.4. The standard InChI is InChI=1S/C20H17F2N/c21-15-9-5-13(6-10-15)19-17-3-1-2-4-18(17)20(23-19)14-7-11-16(22)12-8-14/h5-12,23H,1-4H2. The number of aromatic nitrogens is 1. The van der Waals surface area contributed by atoms with Gasteiger partial charge in [0.1, 0.15) is 11.6 Å². The van der Waals surface area contributed by atoms with Gasteiger partial charge in [-0.25, -0.2) is 8.78 Å². The number of hydrogen-bond donors (Lipinski definition) is 1. The largest absolute Gasteiger partial charge is 0.354 e. The minimum Gasteiger partial charge on any atom is -0.354 e. The van der Waals surface area contributed by atoms with E-state index in [2.05, 4.69) is 4.98 Å². The first-order valence-corrected chi connectivity index (χ1v) is 7.98. The van der Waals surface area contributed by atoms with Crippen LogP contribution in [0.4, 0.5) is 8.78 Å². The van der Waals surface area contributed by atoms with Crippen molar-refractivity contribution in [2.45, 2.75) is 25.7 Å². The third kappa shape index (κ3) is 2.56. The molecule has 1 aliphatic carbocycles. The second-order valence-corrected chi connectivity index (χ2v) is 6.05. The van der Waals surface area contributed by atoms with Crippen LogP contribution in [0.5, 0.6) is 0 Å². The number of hydrogen-bond acceptors (Lipinski definition) is 0. The summed E-state index contributed by atoms with van der Waals surface area (Å²) in [7, 11) is 0. The molecule has 0 amide bonds. The summed E-state index contributed by atoms with van der Waals surface area (Å²) in [5.74, 6) is -0.458. The third-order valence-corrected chi connectivity index (χ3v) is 4.59. The Morgan fingerprint density at radius 2 is 1.00 bits per heavy atom. The smallest absolute Gasteiger partial charge is 0.123 e. The number of aromatic amines is 1. The molecule has 3 aromatic rings. The molecule has 0 spiro atoms. The van der Waals surface area contributed by atoms with Crippen molar-refractivity contribution in [2.24, 2.45) is 0 Å². The molecule has 0 saturated carbocycles. The monoisotopic (exact) mass is 309 g/mol. The summed E-state index contributed by atoms with van der Waals surface area (Å²) in [4.78, 5) is 3.52. The maximum absolute atomic E-state index is 13.2. The first-order valence-electron chi connectivity index (χ1n) is 7.98. The lowest BCUT2D eigenvalue weighted by Gasteiger charge is -2.14. The Kier molecular flexibility index (Phi) is 3.49. The zero-order chi connectivity index (χ0) is 15.8. The highest BCUT2D eigenvalue weighted by atomic mass is 19.1. The molecule has 1 aromatic heterocycles. The maximum atomic E-state index is 13.2. The van der Waals surface area contributed by atoms with Crippen LogP contribution in [-0.4, -0.2) is 4.98 Å². The quantitative estimate of drug-likeness (QED) is 0.643. The van der Waals surface area contributed by atoms with Crippen LogP contribution in [0.3, 0.4) is 0 Å². The van der Waals surface area contributed by atoms with Gasteiger partial charge in [-0.1, -0.05) is 0 Å². The Morgan fingerprint density at radius 3 is 1.39 bits per heavy atom. The molecule has 2 aromatic carbocycles. The minimum atomic E-state index is -0.229. The predicted molar refractivity (Wildman–Crippen MR) is 88.2 cm³/mol. The Bertz CT molecular complexity index is 759. The Morgan fingerprint density at radius 1 is 0.609 bits per heavy atom. The normalized spacial score (nSPS) is 13.8. The van der Waals surface area contributed by atoms with E-state index in [9.17, 15) is 8.78 Å². The van der Waals surface area contributed by atoms with Gasteiger partial charge >= 0.3 is 0 Å². The molecule has 1 heterocycles. The van der Waals surface area contributed by atoms with E-state index in [1.54, 1.807) is 0 Å². The summed E-state index contributed by atoms with van der Waals surface area (Å²) >= 11 is 0. The SMILES string of the molecule is Fc1ccc(-c2[nH]c(-c3ccc(F)cc3)c3c2CCCC3)cc1. The Labute approximate surface area is 134 Å². The summed E-state index contributed by atoms with van der Waals surface area (Å²) in [6.07, 6.45) is 4.39.